The largest absolute Gasteiger partial charge is 0.363 e. The highest BCUT2D eigenvalue weighted by molar-refractivity contribution is 5.88. The van der Waals surface area contributed by atoms with Gasteiger partial charge < -0.3 is 5.32 Å². The Morgan fingerprint density at radius 3 is 2.55 bits per heavy atom. The second-order valence-corrected chi connectivity index (χ2v) is 5.06. The van der Waals surface area contributed by atoms with Gasteiger partial charge in [0, 0.05) is 17.5 Å². The molecule has 1 N–H and O–H groups in total. The van der Waals surface area contributed by atoms with Crippen molar-refractivity contribution < 1.29 is 8.78 Å². The zero-order valence-corrected chi connectivity index (χ0v) is 12.1. The smallest absolute Gasteiger partial charge is 0.213 e. The Balaban J connectivity index is 1.99. The van der Waals surface area contributed by atoms with Crippen LogP contribution in [-0.2, 0) is 0 Å². The molecule has 0 radical (unpaired) electrons. The van der Waals surface area contributed by atoms with Crippen molar-refractivity contribution in [3.8, 4) is 0 Å². The fourth-order valence-corrected chi connectivity index (χ4v) is 2.27. The van der Waals surface area contributed by atoms with Crippen LogP contribution < -0.4 is 5.32 Å². The molecular weight excluding hydrogens is 286 g/mol. The summed E-state index contributed by atoms with van der Waals surface area (Å²) in [6.07, 6.45) is 1.38. The van der Waals surface area contributed by atoms with Crippen molar-refractivity contribution in [1.29, 1.82) is 0 Å². The standard InChI is InChI=1S/C16H14F2N4/c1-9(11-3-5-12(17)6-4-11)20-16-13-7-15(18)19-8-14(13)21-10(2)22-16/h3-9H,1-2H3,(H,20,21,22). The van der Waals surface area contributed by atoms with Gasteiger partial charge in [-0.05, 0) is 31.5 Å². The first kappa shape index (κ1) is 14.3. The van der Waals surface area contributed by atoms with Gasteiger partial charge in [0.1, 0.15) is 17.5 Å². The molecule has 4 nitrogen and oxygen atoms in total. The van der Waals surface area contributed by atoms with Crippen molar-refractivity contribution >= 4 is 16.7 Å². The summed E-state index contributed by atoms with van der Waals surface area (Å²) < 4.78 is 26.4. The molecule has 0 aliphatic heterocycles. The Hall–Kier alpha value is -2.63. The van der Waals surface area contributed by atoms with Gasteiger partial charge in [-0.15, -0.1) is 0 Å². The summed E-state index contributed by atoms with van der Waals surface area (Å²) >= 11 is 0. The second kappa shape index (κ2) is 5.63. The van der Waals surface area contributed by atoms with Gasteiger partial charge in [0.2, 0.25) is 5.95 Å². The molecular formula is C16H14F2N4. The Morgan fingerprint density at radius 1 is 1.09 bits per heavy atom. The van der Waals surface area contributed by atoms with Crippen LogP contribution in [0.2, 0.25) is 0 Å². The molecule has 0 saturated carbocycles. The molecule has 0 saturated heterocycles. The molecule has 1 unspecified atom stereocenters. The molecule has 22 heavy (non-hydrogen) atoms. The SMILES string of the molecule is Cc1nc(NC(C)c2ccc(F)cc2)c2cc(F)ncc2n1. The monoisotopic (exact) mass is 300 g/mol. The number of nitrogens with zero attached hydrogens (tertiary/aromatic N) is 3. The van der Waals surface area contributed by atoms with E-state index in [1.807, 2.05) is 6.92 Å². The number of halogens is 2. The molecule has 3 rings (SSSR count). The maximum atomic E-state index is 13.4. The molecule has 6 heteroatoms. The number of hydrogen-bond donors (Lipinski definition) is 1. The predicted octanol–water partition coefficient (Wildman–Crippen LogP) is 3.78. The van der Waals surface area contributed by atoms with Crippen molar-refractivity contribution in [2.75, 3.05) is 5.32 Å². The van der Waals surface area contributed by atoms with Gasteiger partial charge in [0.05, 0.1) is 11.7 Å². The molecule has 2 heterocycles. The Bertz CT molecular complexity index is 818. The van der Waals surface area contributed by atoms with E-state index in [9.17, 15) is 8.78 Å². The van der Waals surface area contributed by atoms with Gasteiger partial charge in [0.25, 0.3) is 0 Å². The molecule has 0 amide bonds. The third-order valence-corrected chi connectivity index (χ3v) is 3.38. The van der Waals surface area contributed by atoms with E-state index in [-0.39, 0.29) is 11.9 Å². The number of benzene rings is 1. The van der Waals surface area contributed by atoms with E-state index in [4.69, 9.17) is 0 Å². The quantitative estimate of drug-likeness (QED) is 0.748. The molecule has 1 aromatic carbocycles. The normalized spacial score (nSPS) is 12.4. The zero-order chi connectivity index (χ0) is 15.7. The number of aryl methyl sites for hydroxylation is 1. The first-order chi connectivity index (χ1) is 10.5. The van der Waals surface area contributed by atoms with Crippen molar-refractivity contribution in [3.63, 3.8) is 0 Å². The molecule has 0 bridgehead atoms. The average molecular weight is 300 g/mol. The summed E-state index contributed by atoms with van der Waals surface area (Å²) in [5.74, 6) is 0.222. The van der Waals surface area contributed by atoms with Crippen LogP contribution in [0.15, 0.2) is 36.5 Å². The van der Waals surface area contributed by atoms with E-state index in [0.29, 0.717) is 22.5 Å². The third kappa shape index (κ3) is 2.86. The van der Waals surface area contributed by atoms with Gasteiger partial charge in [-0.2, -0.15) is 4.39 Å². The number of aromatic nitrogens is 3. The number of hydrogen-bond acceptors (Lipinski definition) is 4. The lowest BCUT2D eigenvalue weighted by atomic mass is 10.1. The number of anilines is 1. The summed E-state index contributed by atoms with van der Waals surface area (Å²) in [5, 5.41) is 3.78. The zero-order valence-electron chi connectivity index (χ0n) is 12.1. The Kier molecular flexibility index (Phi) is 3.66. The molecule has 2 aromatic heterocycles. The maximum absolute atomic E-state index is 13.4. The van der Waals surface area contributed by atoms with Crippen molar-refractivity contribution in [1.82, 2.24) is 15.0 Å². The predicted molar refractivity (Wildman–Crippen MR) is 80.5 cm³/mol. The minimum Gasteiger partial charge on any atom is -0.363 e. The van der Waals surface area contributed by atoms with E-state index in [0.717, 1.165) is 5.56 Å². The molecule has 0 fully saturated rings. The van der Waals surface area contributed by atoms with E-state index in [1.165, 1.54) is 24.4 Å². The summed E-state index contributed by atoms with van der Waals surface area (Å²) in [7, 11) is 0. The first-order valence-corrected chi connectivity index (χ1v) is 6.85. The summed E-state index contributed by atoms with van der Waals surface area (Å²) in [6, 6.07) is 7.39. The molecule has 0 aliphatic carbocycles. The van der Waals surface area contributed by atoms with Gasteiger partial charge in [-0.1, -0.05) is 12.1 Å². The molecule has 1 atom stereocenters. The molecule has 112 valence electrons. The van der Waals surface area contributed by atoms with Gasteiger partial charge in [-0.3, -0.25) is 0 Å². The van der Waals surface area contributed by atoms with Crippen molar-refractivity contribution in [2.24, 2.45) is 0 Å². The van der Waals surface area contributed by atoms with Gasteiger partial charge in [-0.25, -0.2) is 19.3 Å². The Labute approximate surface area is 126 Å². The van der Waals surface area contributed by atoms with Crippen LogP contribution in [0.3, 0.4) is 0 Å². The number of fused-ring (bicyclic) bond motifs is 1. The van der Waals surface area contributed by atoms with Crippen LogP contribution in [-0.4, -0.2) is 15.0 Å². The van der Waals surface area contributed by atoms with Gasteiger partial charge in [0.15, 0.2) is 0 Å². The van der Waals surface area contributed by atoms with E-state index < -0.39 is 5.95 Å². The van der Waals surface area contributed by atoms with Gasteiger partial charge >= 0.3 is 0 Å². The fourth-order valence-electron chi connectivity index (χ4n) is 2.27. The fraction of sp³-hybridized carbons (Fsp3) is 0.188. The molecule has 0 spiro atoms. The molecule has 3 aromatic rings. The minimum absolute atomic E-state index is 0.116. The summed E-state index contributed by atoms with van der Waals surface area (Å²) in [6.45, 7) is 3.69. The highest BCUT2D eigenvalue weighted by atomic mass is 19.1. The second-order valence-electron chi connectivity index (χ2n) is 5.06. The van der Waals surface area contributed by atoms with Crippen LogP contribution in [0.5, 0.6) is 0 Å². The summed E-state index contributed by atoms with van der Waals surface area (Å²) in [4.78, 5) is 12.2. The van der Waals surface area contributed by atoms with E-state index in [1.54, 1.807) is 19.1 Å². The molecule has 0 aliphatic rings. The van der Waals surface area contributed by atoms with E-state index in [2.05, 4.69) is 20.3 Å². The highest BCUT2D eigenvalue weighted by Crippen LogP contribution is 2.25. The van der Waals surface area contributed by atoms with Crippen LogP contribution >= 0.6 is 0 Å². The van der Waals surface area contributed by atoms with Crippen LogP contribution in [0.4, 0.5) is 14.6 Å². The van der Waals surface area contributed by atoms with E-state index >= 15 is 0 Å². The maximum Gasteiger partial charge on any atom is 0.213 e. The topological polar surface area (TPSA) is 50.7 Å². The third-order valence-electron chi connectivity index (χ3n) is 3.38. The summed E-state index contributed by atoms with van der Waals surface area (Å²) in [5.41, 5.74) is 1.48. The first-order valence-electron chi connectivity index (χ1n) is 6.85. The average Bonchev–Trinajstić information content (AvgIpc) is 2.48. The number of pyridine rings is 1. The van der Waals surface area contributed by atoms with Crippen LogP contribution in [0.1, 0.15) is 24.4 Å². The lowest BCUT2D eigenvalue weighted by Gasteiger charge is -2.16. The van der Waals surface area contributed by atoms with Crippen molar-refractivity contribution in [2.45, 2.75) is 19.9 Å². The van der Waals surface area contributed by atoms with Crippen LogP contribution in [0.25, 0.3) is 10.9 Å². The van der Waals surface area contributed by atoms with Crippen LogP contribution in [0, 0.1) is 18.7 Å². The lowest BCUT2D eigenvalue weighted by Crippen LogP contribution is -2.10. The minimum atomic E-state index is -0.586. The highest BCUT2D eigenvalue weighted by Gasteiger charge is 2.12. The number of rotatable bonds is 3. The number of nitrogens with one attached hydrogen (secondary N) is 1. The van der Waals surface area contributed by atoms with Crippen molar-refractivity contribution in [3.05, 3.63) is 59.7 Å². The lowest BCUT2D eigenvalue weighted by molar-refractivity contribution is 0.586. The Morgan fingerprint density at radius 2 is 1.82 bits per heavy atom.